The Kier molecular flexibility index (Phi) is 4.58. The van der Waals surface area contributed by atoms with Gasteiger partial charge >= 0.3 is 0 Å². The van der Waals surface area contributed by atoms with E-state index in [1.807, 2.05) is 6.20 Å². The maximum absolute atomic E-state index is 5.48. The number of fused-ring (bicyclic) bond motifs is 1. The molecular formula is C20H26N2O. The molecule has 122 valence electrons. The van der Waals surface area contributed by atoms with E-state index in [4.69, 9.17) is 4.74 Å². The Morgan fingerprint density at radius 3 is 2.83 bits per heavy atom. The highest BCUT2D eigenvalue weighted by Gasteiger charge is 2.26. The molecule has 3 heterocycles. The number of nitrogens with zero attached hydrogens (tertiary/aromatic N) is 2. The lowest BCUT2D eigenvalue weighted by Gasteiger charge is -2.27. The van der Waals surface area contributed by atoms with Gasteiger partial charge in [0.2, 0.25) is 0 Å². The molecule has 2 aliphatic heterocycles. The minimum atomic E-state index is 0.792. The summed E-state index contributed by atoms with van der Waals surface area (Å²) in [5, 5.41) is 1.33. The second kappa shape index (κ2) is 6.98. The molecule has 3 heteroatoms. The summed E-state index contributed by atoms with van der Waals surface area (Å²) in [5.74, 6) is 1.64. The summed E-state index contributed by atoms with van der Waals surface area (Å²) in [6.45, 7) is 5.73. The molecule has 0 N–H and O–H groups in total. The molecule has 1 aromatic heterocycles. The molecule has 0 spiro atoms. The number of hydrogen-bond donors (Lipinski definition) is 0. The number of rotatable bonds is 4. The summed E-state index contributed by atoms with van der Waals surface area (Å²) in [7, 11) is 0. The Bertz CT molecular complexity index is 646. The highest BCUT2D eigenvalue weighted by atomic mass is 16.5. The first-order valence-electron chi connectivity index (χ1n) is 9.01. The smallest absolute Gasteiger partial charge is 0.0704 e. The molecule has 3 nitrogen and oxygen atoms in total. The summed E-state index contributed by atoms with van der Waals surface area (Å²) in [6, 6.07) is 10.7. The number of likely N-dealkylation sites (tertiary alicyclic amines) is 1. The highest BCUT2D eigenvalue weighted by molar-refractivity contribution is 5.81. The van der Waals surface area contributed by atoms with Crippen LogP contribution in [0.3, 0.4) is 0 Å². The van der Waals surface area contributed by atoms with E-state index < -0.39 is 0 Å². The van der Waals surface area contributed by atoms with Gasteiger partial charge in [0, 0.05) is 37.9 Å². The zero-order chi connectivity index (χ0) is 15.5. The minimum absolute atomic E-state index is 0.792. The average Bonchev–Trinajstić information content (AvgIpc) is 3.03. The van der Waals surface area contributed by atoms with Crippen molar-refractivity contribution in [3.8, 4) is 0 Å². The zero-order valence-electron chi connectivity index (χ0n) is 13.8. The Morgan fingerprint density at radius 1 is 1.04 bits per heavy atom. The van der Waals surface area contributed by atoms with Gasteiger partial charge in [0.15, 0.2) is 0 Å². The Hall–Kier alpha value is -1.45. The summed E-state index contributed by atoms with van der Waals surface area (Å²) in [6.07, 6.45) is 6.98. The van der Waals surface area contributed by atoms with Crippen molar-refractivity contribution >= 4 is 10.9 Å². The van der Waals surface area contributed by atoms with Crippen molar-refractivity contribution in [2.24, 2.45) is 11.8 Å². The van der Waals surface area contributed by atoms with E-state index in [2.05, 4.69) is 40.2 Å². The minimum Gasteiger partial charge on any atom is -0.381 e. The van der Waals surface area contributed by atoms with Crippen molar-refractivity contribution in [2.75, 3.05) is 32.8 Å². The van der Waals surface area contributed by atoms with Crippen LogP contribution < -0.4 is 0 Å². The number of para-hydroxylation sites is 1. The first kappa shape index (κ1) is 15.1. The van der Waals surface area contributed by atoms with Crippen molar-refractivity contribution in [1.82, 2.24) is 9.88 Å². The normalized spacial score (nSPS) is 23.6. The molecule has 0 amide bonds. The van der Waals surface area contributed by atoms with E-state index in [-0.39, 0.29) is 0 Å². The lowest BCUT2D eigenvalue weighted by atomic mass is 9.96. The fraction of sp³-hybridized carbons (Fsp3) is 0.550. The molecule has 2 aliphatic rings. The van der Waals surface area contributed by atoms with E-state index in [1.54, 1.807) is 0 Å². The quantitative estimate of drug-likeness (QED) is 0.864. The van der Waals surface area contributed by atoms with E-state index >= 15 is 0 Å². The van der Waals surface area contributed by atoms with Gasteiger partial charge in [0.05, 0.1) is 5.52 Å². The molecule has 0 bridgehead atoms. The second-order valence-electron chi connectivity index (χ2n) is 7.16. The third-order valence-electron chi connectivity index (χ3n) is 5.48. The SMILES string of the molecule is c1ccc2c(C[C@H]3CCN(CC4CCOCC4)C3)ccnc2c1. The predicted octanol–water partition coefficient (Wildman–Crippen LogP) is 3.53. The standard InChI is InChI=1S/C20H26N2O/c1-2-4-20-19(3-1)18(5-9-21-20)13-17-6-10-22(15-17)14-16-7-11-23-12-8-16/h1-5,9,16-17H,6-8,10-15H2/t17-/m1/s1. The van der Waals surface area contributed by atoms with E-state index in [0.29, 0.717) is 0 Å². The van der Waals surface area contributed by atoms with Crippen LogP contribution in [-0.4, -0.2) is 42.7 Å². The van der Waals surface area contributed by atoms with Gasteiger partial charge in [-0.3, -0.25) is 4.98 Å². The van der Waals surface area contributed by atoms with E-state index in [9.17, 15) is 0 Å². The highest BCUT2D eigenvalue weighted by Crippen LogP contribution is 2.26. The maximum Gasteiger partial charge on any atom is 0.0704 e. The molecule has 23 heavy (non-hydrogen) atoms. The summed E-state index contributed by atoms with van der Waals surface area (Å²) in [4.78, 5) is 7.17. The van der Waals surface area contributed by atoms with Crippen molar-refractivity contribution in [2.45, 2.75) is 25.7 Å². The van der Waals surface area contributed by atoms with Gasteiger partial charge in [-0.05, 0) is 61.8 Å². The van der Waals surface area contributed by atoms with Gasteiger partial charge in [-0.2, -0.15) is 0 Å². The van der Waals surface area contributed by atoms with E-state index in [0.717, 1.165) is 30.6 Å². The summed E-state index contributed by atoms with van der Waals surface area (Å²) >= 11 is 0. The molecule has 2 aromatic rings. The third kappa shape index (κ3) is 3.56. The average molecular weight is 310 g/mol. The fourth-order valence-corrected chi connectivity index (χ4v) is 4.18. The van der Waals surface area contributed by atoms with Crippen LogP contribution in [0.15, 0.2) is 36.5 Å². The molecule has 4 rings (SSSR count). The molecule has 0 aliphatic carbocycles. The van der Waals surface area contributed by atoms with Crippen LogP contribution in [0, 0.1) is 11.8 Å². The van der Waals surface area contributed by atoms with Crippen molar-refractivity contribution in [1.29, 1.82) is 0 Å². The van der Waals surface area contributed by atoms with Crippen LogP contribution in [0.2, 0.25) is 0 Å². The van der Waals surface area contributed by atoms with Gasteiger partial charge in [0.1, 0.15) is 0 Å². The summed E-state index contributed by atoms with van der Waals surface area (Å²) in [5.41, 5.74) is 2.59. The van der Waals surface area contributed by atoms with Crippen LogP contribution in [-0.2, 0) is 11.2 Å². The topological polar surface area (TPSA) is 25.4 Å². The Balaban J connectivity index is 1.38. The largest absolute Gasteiger partial charge is 0.381 e. The van der Waals surface area contributed by atoms with Crippen LogP contribution >= 0.6 is 0 Å². The predicted molar refractivity (Wildman–Crippen MR) is 93.5 cm³/mol. The molecular weight excluding hydrogens is 284 g/mol. The van der Waals surface area contributed by atoms with Crippen molar-refractivity contribution in [3.05, 3.63) is 42.1 Å². The van der Waals surface area contributed by atoms with Gasteiger partial charge in [-0.1, -0.05) is 18.2 Å². The van der Waals surface area contributed by atoms with Gasteiger partial charge in [-0.25, -0.2) is 0 Å². The summed E-state index contributed by atoms with van der Waals surface area (Å²) < 4.78 is 5.48. The molecule has 1 aromatic carbocycles. The first-order chi connectivity index (χ1) is 11.4. The Labute approximate surface area is 138 Å². The van der Waals surface area contributed by atoms with Gasteiger partial charge in [0.25, 0.3) is 0 Å². The van der Waals surface area contributed by atoms with Crippen molar-refractivity contribution < 1.29 is 4.74 Å². The number of hydrogen-bond acceptors (Lipinski definition) is 3. The lowest BCUT2D eigenvalue weighted by molar-refractivity contribution is 0.0551. The van der Waals surface area contributed by atoms with Crippen LogP contribution in [0.5, 0.6) is 0 Å². The monoisotopic (exact) mass is 310 g/mol. The maximum atomic E-state index is 5.48. The molecule has 0 unspecified atom stereocenters. The number of ether oxygens (including phenoxy) is 1. The molecule has 0 saturated carbocycles. The number of benzene rings is 1. The molecule has 0 radical (unpaired) electrons. The fourth-order valence-electron chi connectivity index (χ4n) is 4.18. The van der Waals surface area contributed by atoms with Crippen molar-refractivity contribution in [3.63, 3.8) is 0 Å². The van der Waals surface area contributed by atoms with Crippen LogP contribution in [0.25, 0.3) is 10.9 Å². The van der Waals surface area contributed by atoms with E-state index in [1.165, 1.54) is 56.3 Å². The molecule has 1 atom stereocenters. The number of aromatic nitrogens is 1. The van der Waals surface area contributed by atoms with Gasteiger partial charge in [-0.15, -0.1) is 0 Å². The second-order valence-corrected chi connectivity index (χ2v) is 7.16. The van der Waals surface area contributed by atoms with Gasteiger partial charge < -0.3 is 9.64 Å². The molecule has 2 fully saturated rings. The zero-order valence-corrected chi connectivity index (χ0v) is 13.8. The lowest BCUT2D eigenvalue weighted by Crippen LogP contribution is -2.31. The van der Waals surface area contributed by atoms with Crippen LogP contribution in [0.1, 0.15) is 24.8 Å². The number of pyridine rings is 1. The third-order valence-corrected chi connectivity index (χ3v) is 5.48. The van der Waals surface area contributed by atoms with Crippen LogP contribution in [0.4, 0.5) is 0 Å². The Morgan fingerprint density at radius 2 is 1.91 bits per heavy atom. The first-order valence-corrected chi connectivity index (χ1v) is 9.01. The molecule has 2 saturated heterocycles.